The zero-order valence-electron chi connectivity index (χ0n) is 16.6. The molecule has 0 aliphatic rings. The molecule has 0 aliphatic heterocycles. The predicted octanol–water partition coefficient (Wildman–Crippen LogP) is 2.09. The summed E-state index contributed by atoms with van der Waals surface area (Å²) in [5.74, 6) is -0.139. The summed E-state index contributed by atoms with van der Waals surface area (Å²) in [6, 6.07) is 0. The van der Waals surface area contributed by atoms with Crippen LogP contribution in [0.5, 0.6) is 0 Å². The fourth-order valence-electron chi connectivity index (χ4n) is 2.09. The van der Waals surface area contributed by atoms with Crippen molar-refractivity contribution < 1.29 is 4.79 Å². The Morgan fingerprint density at radius 3 is 2.19 bits per heavy atom. The van der Waals surface area contributed by atoms with E-state index in [1.165, 1.54) is 6.08 Å². The number of primary amides is 1. The Hall–Kier alpha value is -3.42. The van der Waals surface area contributed by atoms with Gasteiger partial charge in [-0.1, -0.05) is 20.4 Å². The van der Waals surface area contributed by atoms with E-state index in [-0.39, 0.29) is 11.3 Å². The minimum atomic E-state index is -0.691. The molecule has 0 atom stereocenters. The molecule has 146 valence electrons. The molecule has 1 heterocycles. The lowest BCUT2D eigenvalue weighted by molar-refractivity contribution is -0.114. The highest BCUT2D eigenvalue weighted by Crippen LogP contribution is 2.22. The van der Waals surface area contributed by atoms with Gasteiger partial charge in [0.15, 0.2) is 0 Å². The Balaban J connectivity index is 0.00000326. The SMILES string of the molecule is C=C(/C=C(N)\C(C=N)=C(/C)c1nc(/C(N)=C(\C)C=N)cn1C)C(N)=O.CC. The average Bonchev–Trinajstić information content (AvgIpc) is 3.04. The first-order chi connectivity index (χ1) is 12.6. The molecule has 1 aromatic rings. The average molecular weight is 371 g/mol. The molecular formula is C19H29N7O. The standard InChI is InChI=1S/C17H23N7O.C2H6/c1-9(16(22)25)5-13(20)12(7-19)11(3)17-23-14(8-24(17)4)15(21)10(2)6-18;1-2/h5-8,18-19H,1,20-21H2,2-4H3,(H2,22,25);1-2H3/b12-11+,13-5+,15-10-,18-6?,19-7?;. The maximum absolute atomic E-state index is 11.1. The van der Waals surface area contributed by atoms with Gasteiger partial charge in [-0.05, 0) is 25.5 Å². The molecule has 8 N–H and O–H groups in total. The second-order valence-corrected chi connectivity index (χ2v) is 5.47. The van der Waals surface area contributed by atoms with Crippen LogP contribution in [0.1, 0.15) is 39.2 Å². The molecule has 0 bridgehead atoms. The van der Waals surface area contributed by atoms with Gasteiger partial charge in [-0.3, -0.25) is 4.79 Å². The molecule has 1 aromatic heterocycles. The third-order valence-electron chi connectivity index (χ3n) is 3.63. The lowest BCUT2D eigenvalue weighted by Gasteiger charge is -2.09. The van der Waals surface area contributed by atoms with Crippen molar-refractivity contribution in [1.82, 2.24) is 9.55 Å². The van der Waals surface area contributed by atoms with Crippen LogP contribution in [0.3, 0.4) is 0 Å². The Bertz CT molecular complexity index is 838. The van der Waals surface area contributed by atoms with E-state index in [9.17, 15) is 4.79 Å². The second-order valence-electron chi connectivity index (χ2n) is 5.47. The Morgan fingerprint density at radius 2 is 1.74 bits per heavy atom. The summed E-state index contributed by atoms with van der Waals surface area (Å²) in [4.78, 5) is 15.6. The molecule has 0 radical (unpaired) electrons. The van der Waals surface area contributed by atoms with Gasteiger partial charge in [0.2, 0.25) is 5.91 Å². The van der Waals surface area contributed by atoms with Crippen molar-refractivity contribution in [3.8, 4) is 0 Å². The van der Waals surface area contributed by atoms with Crippen LogP contribution in [0.25, 0.3) is 11.3 Å². The van der Waals surface area contributed by atoms with E-state index in [0.717, 1.165) is 12.4 Å². The Labute approximate surface area is 160 Å². The number of amides is 1. The molecule has 8 heteroatoms. The molecule has 0 fully saturated rings. The van der Waals surface area contributed by atoms with E-state index in [1.54, 1.807) is 31.7 Å². The summed E-state index contributed by atoms with van der Waals surface area (Å²) in [5, 5.41) is 14.9. The lowest BCUT2D eigenvalue weighted by Crippen LogP contribution is -2.14. The minimum Gasteiger partial charge on any atom is -0.398 e. The van der Waals surface area contributed by atoms with E-state index in [4.69, 9.17) is 28.0 Å². The maximum atomic E-state index is 11.1. The fraction of sp³-hybridized carbons (Fsp3) is 0.263. The maximum Gasteiger partial charge on any atom is 0.248 e. The van der Waals surface area contributed by atoms with E-state index in [2.05, 4.69) is 11.6 Å². The number of nitrogens with zero attached hydrogens (tertiary/aromatic N) is 2. The molecule has 0 aromatic carbocycles. The molecule has 0 unspecified atom stereocenters. The summed E-state index contributed by atoms with van der Waals surface area (Å²) < 4.78 is 1.74. The summed E-state index contributed by atoms with van der Waals surface area (Å²) in [5.41, 5.74) is 19.8. The summed E-state index contributed by atoms with van der Waals surface area (Å²) >= 11 is 0. The van der Waals surface area contributed by atoms with E-state index in [1.807, 2.05) is 13.8 Å². The number of aromatic nitrogens is 2. The Morgan fingerprint density at radius 1 is 1.19 bits per heavy atom. The normalized spacial score (nSPS) is 12.9. The lowest BCUT2D eigenvalue weighted by atomic mass is 10.0. The van der Waals surface area contributed by atoms with Gasteiger partial charge >= 0.3 is 0 Å². The Kier molecular flexibility index (Phi) is 9.21. The predicted molar refractivity (Wildman–Crippen MR) is 112 cm³/mol. The van der Waals surface area contributed by atoms with Crippen LogP contribution in [0, 0.1) is 10.8 Å². The third-order valence-corrected chi connectivity index (χ3v) is 3.63. The molecule has 27 heavy (non-hydrogen) atoms. The molecule has 1 rings (SSSR count). The van der Waals surface area contributed by atoms with Gasteiger partial charge in [0, 0.05) is 48.1 Å². The van der Waals surface area contributed by atoms with Gasteiger partial charge in [0.25, 0.3) is 0 Å². The monoisotopic (exact) mass is 371 g/mol. The zero-order valence-corrected chi connectivity index (χ0v) is 16.6. The van der Waals surface area contributed by atoms with Crippen LogP contribution in [0.4, 0.5) is 0 Å². The number of nitrogens with two attached hydrogens (primary N) is 3. The third kappa shape index (κ3) is 5.81. The van der Waals surface area contributed by atoms with Gasteiger partial charge in [-0.15, -0.1) is 0 Å². The first-order valence-electron chi connectivity index (χ1n) is 8.32. The van der Waals surface area contributed by atoms with Crippen LogP contribution in [-0.4, -0.2) is 27.9 Å². The van der Waals surface area contributed by atoms with E-state index in [0.29, 0.717) is 33.9 Å². The van der Waals surface area contributed by atoms with Crippen molar-refractivity contribution in [2.24, 2.45) is 24.2 Å². The number of carbonyl (C=O) groups excluding carboxylic acids is 1. The highest BCUT2D eigenvalue weighted by Gasteiger charge is 2.14. The molecule has 1 amide bonds. The van der Waals surface area contributed by atoms with Crippen molar-refractivity contribution in [1.29, 1.82) is 10.8 Å². The van der Waals surface area contributed by atoms with Crippen LogP contribution in [0.2, 0.25) is 0 Å². The van der Waals surface area contributed by atoms with Gasteiger partial charge in [-0.25, -0.2) is 4.98 Å². The zero-order chi connectivity index (χ0) is 21.3. The molecule has 0 saturated heterocycles. The van der Waals surface area contributed by atoms with E-state index < -0.39 is 5.91 Å². The van der Waals surface area contributed by atoms with Gasteiger partial charge in [0.05, 0.1) is 5.70 Å². The van der Waals surface area contributed by atoms with Crippen molar-refractivity contribution in [2.75, 3.05) is 0 Å². The smallest absolute Gasteiger partial charge is 0.248 e. The molecule has 0 saturated carbocycles. The molecule has 0 aliphatic carbocycles. The highest BCUT2D eigenvalue weighted by atomic mass is 16.1. The molecule has 0 spiro atoms. The van der Waals surface area contributed by atoms with Crippen molar-refractivity contribution >= 4 is 29.6 Å². The molecular weight excluding hydrogens is 342 g/mol. The van der Waals surface area contributed by atoms with Crippen molar-refractivity contribution in [2.45, 2.75) is 27.7 Å². The number of nitrogens with one attached hydrogen (secondary N) is 2. The van der Waals surface area contributed by atoms with Crippen molar-refractivity contribution in [3.63, 3.8) is 0 Å². The summed E-state index contributed by atoms with van der Waals surface area (Å²) in [7, 11) is 1.78. The number of hydrogen-bond acceptors (Lipinski definition) is 6. The number of hydrogen-bond donors (Lipinski definition) is 5. The minimum absolute atomic E-state index is 0.0407. The first kappa shape index (κ1) is 23.6. The van der Waals surface area contributed by atoms with Gasteiger partial charge < -0.3 is 32.6 Å². The largest absolute Gasteiger partial charge is 0.398 e. The van der Waals surface area contributed by atoms with Crippen LogP contribution < -0.4 is 17.2 Å². The number of aryl methyl sites for hydroxylation is 1. The quantitative estimate of drug-likeness (QED) is 0.282. The van der Waals surface area contributed by atoms with Gasteiger partial charge in [0.1, 0.15) is 11.5 Å². The summed E-state index contributed by atoms with van der Waals surface area (Å²) in [6.45, 7) is 11.0. The van der Waals surface area contributed by atoms with Crippen LogP contribution in [-0.2, 0) is 11.8 Å². The number of carbonyl (C=O) groups is 1. The second kappa shape index (κ2) is 10.5. The van der Waals surface area contributed by atoms with Crippen LogP contribution >= 0.6 is 0 Å². The highest BCUT2D eigenvalue weighted by molar-refractivity contribution is 5.97. The van der Waals surface area contributed by atoms with E-state index >= 15 is 0 Å². The number of allylic oxidation sites excluding steroid dienone is 3. The van der Waals surface area contributed by atoms with Crippen molar-refractivity contribution in [3.05, 3.63) is 52.8 Å². The number of rotatable bonds is 7. The fourth-order valence-corrected chi connectivity index (χ4v) is 2.09. The number of imidazole rings is 1. The van der Waals surface area contributed by atoms with Crippen LogP contribution in [0.15, 0.2) is 41.3 Å². The first-order valence-corrected chi connectivity index (χ1v) is 8.32. The van der Waals surface area contributed by atoms with Gasteiger partial charge in [-0.2, -0.15) is 0 Å². The topological polar surface area (TPSA) is 161 Å². The summed E-state index contributed by atoms with van der Waals surface area (Å²) in [6.07, 6.45) is 5.28. The molecule has 8 nitrogen and oxygen atoms in total.